The zero-order valence-electron chi connectivity index (χ0n) is 12.4. The fourth-order valence-corrected chi connectivity index (χ4v) is 2.82. The van der Waals surface area contributed by atoms with Gasteiger partial charge in [-0.2, -0.15) is 0 Å². The van der Waals surface area contributed by atoms with E-state index in [2.05, 4.69) is 24.5 Å². The summed E-state index contributed by atoms with van der Waals surface area (Å²) in [5, 5.41) is 0.750. The van der Waals surface area contributed by atoms with Crippen molar-refractivity contribution in [1.29, 1.82) is 0 Å². The van der Waals surface area contributed by atoms with E-state index in [0.29, 0.717) is 6.04 Å². The molecule has 0 saturated heterocycles. The van der Waals surface area contributed by atoms with Crippen LogP contribution in [-0.2, 0) is 6.42 Å². The van der Waals surface area contributed by atoms with Crippen molar-refractivity contribution in [2.75, 3.05) is 6.54 Å². The first kappa shape index (κ1) is 15.3. The van der Waals surface area contributed by atoms with Crippen LogP contribution >= 0.6 is 11.6 Å². The first-order valence-electron chi connectivity index (χ1n) is 7.50. The van der Waals surface area contributed by atoms with Crippen LogP contribution in [0.1, 0.15) is 51.4 Å². The first-order chi connectivity index (χ1) is 9.63. The molecule has 3 nitrogen and oxygen atoms in total. The molecule has 1 aromatic heterocycles. The van der Waals surface area contributed by atoms with Crippen molar-refractivity contribution in [3.05, 3.63) is 29.0 Å². The largest absolute Gasteiger partial charge is 0.330 e. The summed E-state index contributed by atoms with van der Waals surface area (Å²) in [6.07, 6.45) is 5.75. The van der Waals surface area contributed by atoms with Crippen LogP contribution in [0.2, 0.25) is 5.02 Å². The molecular weight excluding hydrogens is 270 g/mol. The van der Waals surface area contributed by atoms with Crippen molar-refractivity contribution in [2.45, 2.75) is 52.0 Å². The molecule has 0 aliphatic heterocycles. The minimum absolute atomic E-state index is 0.417. The number of benzene rings is 1. The van der Waals surface area contributed by atoms with Gasteiger partial charge in [-0.1, -0.05) is 24.4 Å². The number of imidazole rings is 1. The maximum Gasteiger partial charge on any atom is 0.110 e. The summed E-state index contributed by atoms with van der Waals surface area (Å²) in [6.45, 7) is 5.20. The number of hydrogen-bond acceptors (Lipinski definition) is 2. The second-order valence-electron chi connectivity index (χ2n) is 5.58. The number of halogens is 1. The van der Waals surface area contributed by atoms with Crippen LogP contribution in [0.3, 0.4) is 0 Å². The number of unbranched alkanes of at least 4 members (excludes halogenated alkanes) is 3. The summed E-state index contributed by atoms with van der Waals surface area (Å²) in [6, 6.07) is 6.38. The summed E-state index contributed by atoms with van der Waals surface area (Å²) in [5.41, 5.74) is 7.71. The Bertz CT molecular complexity index is 560. The van der Waals surface area contributed by atoms with Gasteiger partial charge in [-0.3, -0.25) is 0 Å². The van der Waals surface area contributed by atoms with Crippen LogP contribution in [0.15, 0.2) is 18.2 Å². The van der Waals surface area contributed by atoms with Crippen molar-refractivity contribution in [2.24, 2.45) is 5.73 Å². The molecule has 2 aromatic rings. The highest BCUT2D eigenvalue weighted by molar-refractivity contribution is 6.31. The third-order valence-corrected chi connectivity index (χ3v) is 3.83. The van der Waals surface area contributed by atoms with E-state index >= 15 is 0 Å². The van der Waals surface area contributed by atoms with Crippen LogP contribution in [-0.4, -0.2) is 16.1 Å². The molecule has 1 aromatic carbocycles. The highest BCUT2D eigenvalue weighted by Gasteiger charge is 2.13. The fraction of sp³-hybridized carbons (Fsp3) is 0.562. The first-order valence-corrected chi connectivity index (χ1v) is 7.87. The lowest BCUT2D eigenvalue weighted by atomic mass is 10.1. The van der Waals surface area contributed by atoms with Crippen molar-refractivity contribution in [3.63, 3.8) is 0 Å². The number of rotatable bonds is 7. The van der Waals surface area contributed by atoms with Gasteiger partial charge < -0.3 is 10.3 Å². The standard InChI is InChI=1S/C16H24ClN3/c1-12(2)20-15-9-8-13(17)11-14(15)19-16(20)7-5-3-4-6-10-18/h8-9,11-12H,3-7,10,18H2,1-2H3. The van der Waals surface area contributed by atoms with Crippen LogP contribution in [0.25, 0.3) is 11.0 Å². The van der Waals surface area contributed by atoms with Crippen molar-refractivity contribution < 1.29 is 0 Å². The van der Waals surface area contributed by atoms with E-state index in [1.165, 1.54) is 30.6 Å². The Morgan fingerprint density at radius 2 is 1.95 bits per heavy atom. The fourth-order valence-electron chi connectivity index (χ4n) is 2.66. The van der Waals surface area contributed by atoms with Gasteiger partial charge in [0.25, 0.3) is 0 Å². The minimum Gasteiger partial charge on any atom is -0.330 e. The number of nitrogens with two attached hydrogens (primary N) is 1. The third-order valence-electron chi connectivity index (χ3n) is 3.60. The van der Waals surface area contributed by atoms with Gasteiger partial charge in [-0.25, -0.2) is 4.98 Å². The van der Waals surface area contributed by atoms with E-state index in [-0.39, 0.29) is 0 Å². The molecule has 0 radical (unpaired) electrons. The highest BCUT2D eigenvalue weighted by Crippen LogP contribution is 2.25. The smallest absolute Gasteiger partial charge is 0.110 e. The topological polar surface area (TPSA) is 43.8 Å². The number of hydrogen-bond donors (Lipinski definition) is 1. The van der Waals surface area contributed by atoms with Crippen LogP contribution in [0, 0.1) is 0 Å². The lowest BCUT2D eigenvalue weighted by Crippen LogP contribution is -2.06. The molecule has 4 heteroatoms. The number of aryl methyl sites for hydroxylation is 1. The van der Waals surface area contributed by atoms with Crippen LogP contribution in [0.5, 0.6) is 0 Å². The molecule has 1 heterocycles. The predicted molar refractivity (Wildman–Crippen MR) is 86.4 cm³/mol. The van der Waals surface area contributed by atoms with Gasteiger partial charge in [0.2, 0.25) is 0 Å². The maximum absolute atomic E-state index is 6.06. The molecule has 0 aliphatic rings. The predicted octanol–water partition coefficient (Wildman–Crippen LogP) is 4.33. The van der Waals surface area contributed by atoms with E-state index in [0.717, 1.165) is 29.9 Å². The second-order valence-corrected chi connectivity index (χ2v) is 6.01. The van der Waals surface area contributed by atoms with E-state index in [1.807, 2.05) is 12.1 Å². The van der Waals surface area contributed by atoms with Crippen molar-refractivity contribution >= 4 is 22.6 Å². The monoisotopic (exact) mass is 293 g/mol. The Kier molecular flexibility index (Phi) is 5.44. The summed E-state index contributed by atoms with van der Waals surface area (Å²) in [7, 11) is 0. The minimum atomic E-state index is 0.417. The van der Waals surface area contributed by atoms with Gasteiger partial charge in [0.1, 0.15) is 5.82 Å². The Morgan fingerprint density at radius 1 is 1.20 bits per heavy atom. The maximum atomic E-state index is 6.06. The number of aromatic nitrogens is 2. The SMILES string of the molecule is CC(C)n1c(CCCCCCN)nc2cc(Cl)ccc21. The number of nitrogens with zero attached hydrogens (tertiary/aromatic N) is 2. The lowest BCUT2D eigenvalue weighted by molar-refractivity contribution is 0.562. The quantitative estimate of drug-likeness (QED) is 0.772. The molecule has 0 aliphatic carbocycles. The molecule has 0 unspecified atom stereocenters. The molecule has 0 amide bonds. The normalized spacial score (nSPS) is 11.7. The van der Waals surface area contributed by atoms with Crippen molar-refractivity contribution in [3.8, 4) is 0 Å². The molecule has 2 rings (SSSR count). The summed E-state index contributed by atoms with van der Waals surface area (Å²) >= 11 is 6.06. The van der Waals surface area contributed by atoms with Gasteiger partial charge in [0.05, 0.1) is 11.0 Å². The highest BCUT2D eigenvalue weighted by atomic mass is 35.5. The van der Waals surface area contributed by atoms with E-state index in [9.17, 15) is 0 Å². The van der Waals surface area contributed by atoms with Gasteiger partial charge in [0.15, 0.2) is 0 Å². The molecule has 0 spiro atoms. The molecule has 0 saturated carbocycles. The van der Waals surface area contributed by atoms with Gasteiger partial charge >= 0.3 is 0 Å². The Balaban J connectivity index is 2.16. The van der Waals surface area contributed by atoms with Crippen molar-refractivity contribution in [1.82, 2.24) is 9.55 Å². The zero-order valence-corrected chi connectivity index (χ0v) is 13.2. The summed E-state index contributed by atoms with van der Waals surface area (Å²) < 4.78 is 2.33. The third kappa shape index (κ3) is 3.53. The van der Waals surface area contributed by atoms with Gasteiger partial charge in [0, 0.05) is 17.5 Å². The lowest BCUT2D eigenvalue weighted by Gasteiger charge is -2.13. The molecule has 110 valence electrons. The Hall–Kier alpha value is -1.06. The second kappa shape index (κ2) is 7.09. The van der Waals surface area contributed by atoms with Gasteiger partial charge in [-0.15, -0.1) is 0 Å². The zero-order chi connectivity index (χ0) is 14.5. The van der Waals surface area contributed by atoms with Crippen LogP contribution in [0.4, 0.5) is 0 Å². The summed E-state index contributed by atoms with van der Waals surface area (Å²) in [4.78, 5) is 4.77. The Labute approximate surface area is 126 Å². The molecule has 2 N–H and O–H groups in total. The molecular formula is C16H24ClN3. The molecule has 0 fully saturated rings. The van der Waals surface area contributed by atoms with Gasteiger partial charge in [-0.05, 0) is 51.4 Å². The summed E-state index contributed by atoms with van der Waals surface area (Å²) in [5.74, 6) is 1.17. The Morgan fingerprint density at radius 3 is 2.65 bits per heavy atom. The molecule has 20 heavy (non-hydrogen) atoms. The van der Waals surface area contributed by atoms with Crippen LogP contribution < -0.4 is 5.73 Å². The number of fused-ring (bicyclic) bond motifs is 1. The van der Waals surface area contributed by atoms with E-state index in [4.69, 9.17) is 22.3 Å². The average Bonchev–Trinajstić information content (AvgIpc) is 2.75. The van der Waals surface area contributed by atoms with E-state index < -0.39 is 0 Å². The van der Waals surface area contributed by atoms with E-state index in [1.54, 1.807) is 0 Å². The average molecular weight is 294 g/mol. The molecule has 0 atom stereocenters. The molecule has 0 bridgehead atoms.